The molecule has 0 aliphatic carbocycles. The van der Waals surface area contributed by atoms with Crippen molar-refractivity contribution in [2.24, 2.45) is 0 Å². The number of halogens is 1. The van der Waals surface area contributed by atoms with E-state index in [1.807, 2.05) is 0 Å². The molecule has 0 aliphatic heterocycles. The van der Waals surface area contributed by atoms with Crippen molar-refractivity contribution in [1.29, 1.82) is 0 Å². The van der Waals surface area contributed by atoms with Crippen LogP contribution in [0.4, 0.5) is 4.39 Å². The monoisotopic (exact) mass is 287 g/mol. The Morgan fingerprint density at radius 1 is 1.38 bits per heavy atom. The average molecular weight is 287 g/mol. The summed E-state index contributed by atoms with van der Waals surface area (Å²) in [6.45, 7) is 4.94. The summed E-state index contributed by atoms with van der Waals surface area (Å²) in [5.41, 5.74) is -1.99. The number of aromatic nitrogens is 3. The molecule has 0 unspecified atom stereocenters. The van der Waals surface area contributed by atoms with Gasteiger partial charge in [0.25, 0.3) is 0 Å². The zero-order chi connectivity index (χ0) is 15.1. The maximum absolute atomic E-state index is 13.5. The summed E-state index contributed by atoms with van der Waals surface area (Å²) in [5, 5.41) is 14.5. The van der Waals surface area contributed by atoms with E-state index in [1.54, 1.807) is 20.8 Å². The number of rotatable bonds is 2. The molecule has 9 heteroatoms. The van der Waals surface area contributed by atoms with Crippen LogP contribution in [0.1, 0.15) is 41.7 Å². The van der Waals surface area contributed by atoms with Crippen LogP contribution in [0.3, 0.4) is 0 Å². The molecule has 2 aromatic rings. The summed E-state index contributed by atoms with van der Waals surface area (Å²) < 4.78 is 19.5. The molecule has 106 valence electrons. The zero-order valence-electron chi connectivity index (χ0n) is 12.0. The first-order valence-corrected chi connectivity index (χ1v) is 5.68. The van der Waals surface area contributed by atoms with Crippen LogP contribution in [-0.2, 0) is 4.74 Å². The number of hydrogen-bond acceptors (Lipinski definition) is 6. The van der Waals surface area contributed by atoms with Crippen LogP contribution in [0.2, 0.25) is 0 Å². The van der Waals surface area contributed by atoms with Crippen LogP contribution >= 0.6 is 0 Å². The van der Waals surface area contributed by atoms with Gasteiger partial charge in [-0.3, -0.25) is 0 Å². The molecule has 0 spiro atoms. The Bertz CT molecular complexity index is 708. The second kappa shape index (κ2) is 5.83. The number of esters is 1. The van der Waals surface area contributed by atoms with E-state index >= 15 is 0 Å². The van der Waals surface area contributed by atoms with Gasteiger partial charge in [0.15, 0.2) is 17.2 Å². The number of carboxylic acid groups (broad SMARTS) is 1. The summed E-state index contributed by atoms with van der Waals surface area (Å²) in [4.78, 5) is 26.4. The van der Waals surface area contributed by atoms with Gasteiger partial charge in [0.1, 0.15) is 5.60 Å². The van der Waals surface area contributed by atoms with Crippen molar-refractivity contribution in [3.05, 3.63) is 29.5 Å². The van der Waals surface area contributed by atoms with Crippen LogP contribution in [-0.4, -0.2) is 32.1 Å². The Balaban J connectivity index is 0.00000220. The average Bonchev–Trinajstić information content (AvgIpc) is 2.68. The van der Waals surface area contributed by atoms with Gasteiger partial charge in [-0.05, 0) is 26.8 Å². The fourth-order valence-corrected chi connectivity index (χ4v) is 1.52. The van der Waals surface area contributed by atoms with Gasteiger partial charge in [-0.1, -0.05) is 0 Å². The summed E-state index contributed by atoms with van der Waals surface area (Å²) >= 11 is 0. The van der Waals surface area contributed by atoms with Gasteiger partial charge in [0.2, 0.25) is 0 Å². The molecular weight excluding hydrogens is 276 g/mol. The fourth-order valence-electron chi connectivity index (χ4n) is 1.52. The molecule has 7 nitrogen and oxygen atoms in total. The Kier molecular flexibility index (Phi) is 4.76. The van der Waals surface area contributed by atoms with Crippen molar-refractivity contribution < 1.29 is 42.7 Å². The number of nitrogens with zero attached hydrogens (tertiary/aromatic N) is 3. The van der Waals surface area contributed by atoms with Crippen LogP contribution < -0.4 is 24.0 Å². The first-order valence-electron chi connectivity index (χ1n) is 5.68. The maximum Gasteiger partial charge on any atom is 1.00 e. The number of ether oxygens (including phenoxy) is 1. The minimum atomic E-state index is -1.63. The first kappa shape index (κ1) is 17.1. The molecule has 2 heterocycles. The molecule has 2 rings (SSSR count). The molecule has 0 radical (unpaired) electrons. The van der Waals surface area contributed by atoms with Crippen molar-refractivity contribution in [2.75, 3.05) is 0 Å². The van der Waals surface area contributed by atoms with E-state index in [0.29, 0.717) is 0 Å². The number of fused-ring (bicyclic) bond motifs is 1. The number of hydrogen-bond donors (Lipinski definition) is 0. The van der Waals surface area contributed by atoms with Crippen LogP contribution in [0.15, 0.2) is 12.3 Å². The Labute approximate surface area is 131 Å². The van der Waals surface area contributed by atoms with Crippen molar-refractivity contribution >= 4 is 17.6 Å². The van der Waals surface area contributed by atoms with Crippen molar-refractivity contribution in [1.82, 2.24) is 14.6 Å². The number of carbonyl (C=O) groups is 2. The molecule has 0 atom stereocenters. The van der Waals surface area contributed by atoms with Crippen LogP contribution in [0.25, 0.3) is 5.65 Å². The molecule has 0 saturated heterocycles. The van der Waals surface area contributed by atoms with Gasteiger partial charge < -0.3 is 14.6 Å². The van der Waals surface area contributed by atoms with E-state index in [2.05, 4.69) is 10.1 Å². The first-order chi connectivity index (χ1) is 9.19. The Morgan fingerprint density at radius 2 is 2.00 bits per heavy atom. The molecule has 0 amide bonds. The predicted octanol–water partition coefficient (Wildman–Crippen LogP) is -2.81. The summed E-state index contributed by atoms with van der Waals surface area (Å²) in [5.74, 6) is -3.31. The van der Waals surface area contributed by atoms with E-state index < -0.39 is 29.1 Å². The summed E-state index contributed by atoms with van der Waals surface area (Å²) in [6.07, 6.45) is 0.829. The van der Waals surface area contributed by atoms with Gasteiger partial charge in [0.05, 0.1) is 17.9 Å². The molecule has 0 saturated carbocycles. The quantitative estimate of drug-likeness (QED) is 0.437. The number of aromatic carboxylic acids is 1. The SMILES string of the molecule is CC(C)(C)OC(=O)c1cc(C(=O)[O-])nc2c(F)cnn12.[Li+]. The molecule has 0 bridgehead atoms. The molecule has 0 aromatic carbocycles. The molecule has 2 aromatic heterocycles. The van der Waals surface area contributed by atoms with Crippen LogP contribution in [0.5, 0.6) is 0 Å². The summed E-state index contributed by atoms with van der Waals surface area (Å²) in [6, 6.07) is 0.933. The standard InChI is InChI=1S/C12H12FN3O4.Li/c1-12(2,3)20-11(19)8-4-7(10(17)18)15-9-6(13)5-14-16(8)9;/h4-5H,1-3H3,(H,17,18);/q;+1/p-1. The van der Waals surface area contributed by atoms with Gasteiger partial charge >= 0.3 is 24.8 Å². The maximum atomic E-state index is 13.5. The molecule has 0 fully saturated rings. The third-order valence-corrected chi connectivity index (χ3v) is 2.25. The predicted molar refractivity (Wildman–Crippen MR) is 62.4 cm³/mol. The largest absolute Gasteiger partial charge is 1.00 e. The van der Waals surface area contributed by atoms with Gasteiger partial charge in [-0.25, -0.2) is 18.7 Å². The van der Waals surface area contributed by atoms with Crippen molar-refractivity contribution in [2.45, 2.75) is 26.4 Å². The van der Waals surface area contributed by atoms with Crippen molar-refractivity contribution in [3.8, 4) is 0 Å². The van der Waals surface area contributed by atoms with Gasteiger partial charge in [-0.2, -0.15) is 5.10 Å². The zero-order valence-corrected chi connectivity index (χ0v) is 12.0. The van der Waals surface area contributed by atoms with E-state index in [1.165, 1.54) is 0 Å². The van der Waals surface area contributed by atoms with Crippen LogP contribution in [0, 0.1) is 5.82 Å². The number of carboxylic acids is 1. The van der Waals surface area contributed by atoms with Gasteiger partial charge in [-0.15, -0.1) is 0 Å². The van der Waals surface area contributed by atoms with E-state index in [4.69, 9.17) is 4.74 Å². The fraction of sp³-hybridized carbons (Fsp3) is 0.333. The third kappa shape index (κ3) is 3.59. The summed E-state index contributed by atoms with van der Waals surface area (Å²) in [7, 11) is 0. The van der Waals surface area contributed by atoms with Crippen molar-refractivity contribution in [3.63, 3.8) is 0 Å². The molecule has 0 aliphatic rings. The molecular formula is C12H11FLiN3O4. The second-order valence-corrected chi connectivity index (χ2v) is 5.04. The Morgan fingerprint density at radius 3 is 2.52 bits per heavy atom. The topological polar surface area (TPSA) is 96.6 Å². The Hall–Kier alpha value is -1.91. The van der Waals surface area contributed by atoms with E-state index in [-0.39, 0.29) is 30.2 Å². The number of carbonyl (C=O) groups excluding carboxylic acids is 2. The molecule has 21 heavy (non-hydrogen) atoms. The minimum absolute atomic E-state index is 0. The van der Waals surface area contributed by atoms with E-state index in [0.717, 1.165) is 16.8 Å². The second-order valence-electron chi connectivity index (χ2n) is 5.04. The molecule has 0 N–H and O–H groups in total. The third-order valence-electron chi connectivity index (χ3n) is 2.25. The minimum Gasteiger partial charge on any atom is -0.543 e. The smallest absolute Gasteiger partial charge is 0.543 e. The van der Waals surface area contributed by atoms with E-state index in [9.17, 15) is 19.1 Å². The normalized spacial score (nSPS) is 11.0. The van der Waals surface area contributed by atoms with Gasteiger partial charge in [0, 0.05) is 0 Å².